The number of nitrogens with two attached hydrogens (primary N) is 1. The molecule has 2 N–H and O–H groups in total. The van der Waals surface area contributed by atoms with Crippen molar-refractivity contribution in [2.75, 3.05) is 18.0 Å². The number of benzene rings is 2. The van der Waals surface area contributed by atoms with E-state index in [4.69, 9.17) is 10.7 Å². The van der Waals surface area contributed by atoms with Crippen molar-refractivity contribution < 1.29 is 4.39 Å². The second-order valence-electron chi connectivity index (χ2n) is 8.32. The number of nitrogens with zero attached hydrogens (tertiary/aromatic N) is 5. The number of hydrogen-bond acceptors (Lipinski definition) is 5. The summed E-state index contributed by atoms with van der Waals surface area (Å²) in [6, 6.07) is 12.7. The molecule has 3 heterocycles. The predicted octanol–water partition coefficient (Wildman–Crippen LogP) is 4.16. The summed E-state index contributed by atoms with van der Waals surface area (Å²) < 4.78 is 16.1. The minimum atomic E-state index is -0.532. The Morgan fingerprint density at radius 1 is 1.19 bits per heavy atom. The second kappa shape index (κ2) is 7.74. The topological polar surface area (TPSA) is 83.8 Å². The van der Waals surface area contributed by atoms with E-state index < -0.39 is 5.82 Å². The van der Waals surface area contributed by atoms with Gasteiger partial charge in [-0.1, -0.05) is 18.2 Å². The van der Waals surface area contributed by atoms with Crippen molar-refractivity contribution in [2.24, 2.45) is 12.8 Å². The summed E-state index contributed by atoms with van der Waals surface area (Å²) in [7, 11) is 2.01. The van der Waals surface area contributed by atoms with Crippen LogP contribution < -0.4 is 10.6 Å². The van der Waals surface area contributed by atoms with Crippen molar-refractivity contribution in [1.29, 1.82) is 5.26 Å². The smallest absolute Gasteiger partial charge is 0.144 e. The molecule has 32 heavy (non-hydrogen) atoms. The molecule has 4 aromatic rings. The number of imidazole rings is 1. The zero-order valence-electron chi connectivity index (χ0n) is 18.0. The quantitative estimate of drug-likeness (QED) is 0.532. The predicted molar refractivity (Wildman–Crippen MR) is 124 cm³/mol. The number of aromatic nitrogens is 3. The largest absolute Gasteiger partial charge is 0.369 e. The van der Waals surface area contributed by atoms with E-state index in [-0.39, 0.29) is 11.6 Å². The number of para-hydroxylation sites is 1. The Bertz CT molecular complexity index is 1380. The van der Waals surface area contributed by atoms with Crippen molar-refractivity contribution in [1.82, 2.24) is 14.5 Å². The normalized spacial score (nSPS) is 16.0. The van der Waals surface area contributed by atoms with Gasteiger partial charge in [0.05, 0.1) is 27.8 Å². The minimum Gasteiger partial charge on any atom is -0.369 e. The lowest BCUT2D eigenvalue weighted by molar-refractivity contribution is 0.624. The number of rotatable bonds is 3. The molecule has 0 spiro atoms. The molecule has 0 aliphatic carbocycles. The average Bonchev–Trinajstić information content (AvgIpc) is 3.37. The van der Waals surface area contributed by atoms with Gasteiger partial charge in [0.15, 0.2) is 0 Å². The molecule has 1 atom stereocenters. The number of aryl methyl sites for hydroxylation is 2. The summed E-state index contributed by atoms with van der Waals surface area (Å²) in [5.74, 6) is 0.276. The van der Waals surface area contributed by atoms with Gasteiger partial charge in [0.1, 0.15) is 17.7 Å². The number of hydrogen-bond donors (Lipinski definition) is 1. The summed E-state index contributed by atoms with van der Waals surface area (Å²) in [6.45, 7) is 3.59. The van der Waals surface area contributed by atoms with Crippen LogP contribution in [0.1, 0.15) is 17.5 Å². The van der Waals surface area contributed by atoms with Gasteiger partial charge in [-0.25, -0.2) is 9.37 Å². The summed E-state index contributed by atoms with van der Waals surface area (Å²) in [6.07, 6.45) is 4.48. The molecule has 0 unspecified atom stereocenters. The van der Waals surface area contributed by atoms with Crippen LogP contribution in [-0.2, 0) is 7.05 Å². The summed E-state index contributed by atoms with van der Waals surface area (Å²) in [5, 5.41) is 9.34. The first kappa shape index (κ1) is 20.2. The van der Waals surface area contributed by atoms with Crippen LogP contribution in [0.4, 0.5) is 10.1 Å². The molecule has 2 aromatic carbocycles. The molecule has 0 bridgehead atoms. The van der Waals surface area contributed by atoms with Crippen molar-refractivity contribution in [3.05, 3.63) is 65.7 Å². The summed E-state index contributed by atoms with van der Waals surface area (Å²) >= 11 is 0. The number of nitriles is 1. The number of pyridine rings is 1. The van der Waals surface area contributed by atoms with Crippen LogP contribution >= 0.6 is 0 Å². The third-order valence-electron chi connectivity index (χ3n) is 6.19. The maximum Gasteiger partial charge on any atom is 0.144 e. The molecule has 0 saturated carbocycles. The lowest BCUT2D eigenvalue weighted by Crippen LogP contribution is -2.27. The van der Waals surface area contributed by atoms with E-state index in [1.54, 1.807) is 18.3 Å². The van der Waals surface area contributed by atoms with Crippen LogP contribution in [0, 0.1) is 24.1 Å². The van der Waals surface area contributed by atoms with Gasteiger partial charge in [-0.3, -0.25) is 4.98 Å². The Kier molecular flexibility index (Phi) is 4.87. The van der Waals surface area contributed by atoms with Crippen molar-refractivity contribution in [3.63, 3.8) is 0 Å². The Balaban J connectivity index is 1.78. The average molecular weight is 426 g/mol. The Morgan fingerprint density at radius 3 is 2.72 bits per heavy atom. The Hall–Kier alpha value is -3.76. The molecular formula is C25H23FN6. The highest BCUT2D eigenvalue weighted by molar-refractivity contribution is 5.92. The van der Waals surface area contributed by atoms with Crippen LogP contribution in [0.3, 0.4) is 0 Å². The van der Waals surface area contributed by atoms with Crippen molar-refractivity contribution >= 4 is 16.7 Å². The molecule has 1 saturated heterocycles. The van der Waals surface area contributed by atoms with E-state index in [9.17, 15) is 9.65 Å². The highest BCUT2D eigenvalue weighted by Crippen LogP contribution is 2.41. The van der Waals surface area contributed by atoms with Crippen LogP contribution in [-0.4, -0.2) is 33.7 Å². The van der Waals surface area contributed by atoms with Gasteiger partial charge in [-0.2, -0.15) is 5.26 Å². The van der Waals surface area contributed by atoms with Crippen LogP contribution in [0.2, 0.25) is 0 Å². The monoisotopic (exact) mass is 426 g/mol. The van der Waals surface area contributed by atoms with Gasteiger partial charge in [0.2, 0.25) is 0 Å². The SMILES string of the molecule is Cc1cccc2nc(-c3cncc(-c4ccc(F)c(C#N)c4)c3N3CC[C@H](N)C3)n(C)c12. The lowest BCUT2D eigenvalue weighted by Gasteiger charge is -2.25. The number of fused-ring (bicyclic) bond motifs is 1. The van der Waals surface area contributed by atoms with Gasteiger partial charge in [0.25, 0.3) is 0 Å². The molecule has 1 aliphatic rings. The number of halogens is 1. The van der Waals surface area contributed by atoms with Gasteiger partial charge in [-0.15, -0.1) is 0 Å². The first-order valence-electron chi connectivity index (χ1n) is 10.6. The van der Waals surface area contributed by atoms with E-state index in [0.29, 0.717) is 6.54 Å². The highest BCUT2D eigenvalue weighted by Gasteiger charge is 2.27. The summed E-state index contributed by atoms with van der Waals surface area (Å²) in [5.41, 5.74) is 12.8. The summed E-state index contributed by atoms with van der Waals surface area (Å²) in [4.78, 5) is 11.7. The van der Waals surface area contributed by atoms with E-state index in [2.05, 4.69) is 27.4 Å². The van der Waals surface area contributed by atoms with Gasteiger partial charge in [0, 0.05) is 44.1 Å². The third kappa shape index (κ3) is 3.20. The maximum atomic E-state index is 14.0. The van der Waals surface area contributed by atoms with Crippen LogP contribution in [0.5, 0.6) is 0 Å². The molecular weight excluding hydrogens is 403 g/mol. The zero-order valence-corrected chi connectivity index (χ0v) is 18.0. The second-order valence-corrected chi connectivity index (χ2v) is 8.32. The first-order chi connectivity index (χ1) is 15.5. The third-order valence-corrected chi connectivity index (χ3v) is 6.19. The maximum absolute atomic E-state index is 14.0. The van der Waals surface area contributed by atoms with E-state index in [1.165, 1.54) is 6.07 Å². The molecule has 0 radical (unpaired) electrons. The fourth-order valence-electron chi connectivity index (χ4n) is 4.64. The first-order valence-corrected chi connectivity index (χ1v) is 10.6. The zero-order chi connectivity index (χ0) is 22.4. The highest BCUT2D eigenvalue weighted by atomic mass is 19.1. The molecule has 6 nitrogen and oxygen atoms in total. The molecule has 1 fully saturated rings. The van der Waals surface area contributed by atoms with E-state index in [0.717, 1.165) is 57.8 Å². The lowest BCUT2D eigenvalue weighted by atomic mass is 9.99. The number of anilines is 1. The molecule has 2 aromatic heterocycles. The Morgan fingerprint density at radius 2 is 2.00 bits per heavy atom. The van der Waals surface area contributed by atoms with Crippen molar-refractivity contribution in [3.8, 4) is 28.6 Å². The fraction of sp³-hybridized carbons (Fsp3) is 0.240. The molecule has 7 heteroatoms. The van der Waals surface area contributed by atoms with Gasteiger partial charge < -0.3 is 15.2 Å². The Labute approximate surface area is 185 Å². The van der Waals surface area contributed by atoms with Gasteiger partial charge in [-0.05, 0) is 42.7 Å². The van der Waals surface area contributed by atoms with Gasteiger partial charge >= 0.3 is 0 Å². The van der Waals surface area contributed by atoms with E-state index >= 15 is 0 Å². The molecule has 160 valence electrons. The molecule has 5 rings (SSSR count). The van der Waals surface area contributed by atoms with Crippen molar-refractivity contribution in [2.45, 2.75) is 19.4 Å². The van der Waals surface area contributed by atoms with Crippen LogP contribution in [0.25, 0.3) is 33.5 Å². The van der Waals surface area contributed by atoms with E-state index in [1.807, 2.05) is 31.4 Å². The molecule has 0 amide bonds. The van der Waals surface area contributed by atoms with Crippen LogP contribution in [0.15, 0.2) is 48.8 Å². The fourth-order valence-corrected chi connectivity index (χ4v) is 4.64. The standard InChI is InChI=1S/C25H23FN6/c1-15-4-3-5-22-23(15)31(2)25(30-22)20-13-29-12-19(24(20)32-9-8-18(28)14-32)16-6-7-21(26)17(10-16)11-27/h3-7,10,12-13,18H,8-9,14,28H2,1-2H3/t18-/m0/s1. The molecule has 1 aliphatic heterocycles. The minimum absolute atomic E-state index is 0.00957.